The average Bonchev–Trinajstić information content (AvgIpc) is 3.17. The largest absolute Gasteiger partial charge is 0.512 e. The molecule has 0 aromatic carbocycles. The predicted octanol–water partition coefficient (Wildman–Crippen LogP) is 3.82. The zero-order valence-electron chi connectivity index (χ0n) is 37.5. The van der Waals surface area contributed by atoms with Gasteiger partial charge >= 0.3 is 5.97 Å². The zero-order chi connectivity index (χ0) is 47.1. The van der Waals surface area contributed by atoms with Crippen LogP contribution in [0.4, 0.5) is 0 Å². The first-order valence-electron chi connectivity index (χ1n) is 22.4. The van der Waals surface area contributed by atoms with Crippen molar-refractivity contribution in [2.45, 2.75) is 184 Å². The Morgan fingerprint density at radius 2 is 1.25 bits per heavy atom. The minimum absolute atomic E-state index is 0.0806. The van der Waals surface area contributed by atoms with Crippen LogP contribution in [0, 0.1) is 17.8 Å². The van der Waals surface area contributed by atoms with E-state index >= 15 is 0 Å². The summed E-state index contributed by atoms with van der Waals surface area (Å²) in [5.74, 6) is -3.99. The van der Waals surface area contributed by atoms with Crippen molar-refractivity contribution in [1.82, 2.24) is 0 Å². The number of esters is 1. The molecule has 0 aliphatic carbocycles. The maximum atomic E-state index is 12.9. The van der Waals surface area contributed by atoms with Gasteiger partial charge < -0.3 is 65.9 Å². The number of ketones is 1. The van der Waals surface area contributed by atoms with E-state index in [-0.39, 0.29) is 50.2 Å². The summed E-state index contributed by atoms with van der Waals surface area (Å²) >= 11 is 0. The number of hydrogen-bond donors (Lipinski definition) is 10. The number of cyclic esters (lactones) is 1. The maximum Gasteiger partial charge on any atom is 0.308 e. The van der Waals surface area contributed by atoms with E-state index < -0.39 is 116 Å². The van der Waals surface area contributed by atoms with Gasteiger partial charge in [-0.1, -0.05) is 93.3 Å². The van der Waals surface area contributed by atoms with Crippen molar-refractivity contribution in [3.63, 3.8) is 0 Å². The first kappa shape index (κ1) is 55.8. The number of aliphatic hydroxyl groups is 9. The normalized spacial score (nSPS) is 41.1. The number of Topliss-reactive ketones (excluding diaryl/α,β-unsaturated/α-hetero) is 1. The lowest BCUT2D eigenvalue weighted by atomic mass is 9.87. The minimum atomic E-state index is -1.61. The number of rotatable bonds is 3. The Balaban J connectivity index is 2.22. The Kier molecular flexibility index (Phi) is 26.6. The molecule has 2 heterocycles. The van der Waals surface area contributed by atoms with Gasteiger partial charge in [-0.2, -0.15) is 0 Å². The quantitative estimate of drug-likeness (QED) is 0.143. The fourth-order valence-electron chi connectivity index (χ4n) is 7.63. The molecule has 16 unspecified atom stereocenters. The lowest BCUT2D eigenvalue weighted by Crippen LogP contribution is -2.42. The van der Waals surface area contributed by atoms with Gasteiger partial charge in [0.2, 0.25) is 0 Å². The molecule has 2 aliphatic heterocycles. The molecule has 1 saturated heterocycles. The van der Waals surface area contributed by atoms with Crippen LogP contribution in [0.1, 0.15) is 105 Å². The maximum absolute atomic E-state index is 12.9. The van der Waals surface area contributed by atoms with E-state index in [1.807, 2.05) is 68.5 Å². The Morgan fingerprint density at radius 3 is 1.90 bits per heavy atom. The lowest BCUT2D eigenvalue weighted by molar-refractivity contribution is -0.210. The molecular formula is C48H77NO14. The standard InChI is InChI=1S/C48H77NO14/c1-30-18-16-14-12-10-8-6-7-9-11-13-15-17-19-40(63-46-23-35(49)22-31(2)61-46)29-44(58)47(33(4)50)43(57)27-39(54)26-42(56)41(55)21-20-36(51)24-37(52)25-38(53)28-45(59)62-34(5)32(3)48(30)60/h6-7,9,11-19,30-32,34-38,40-44,46-48,50-53,55-58,60H,4,8,10,20-29,49H2,1-3,5H3/b7-6+,11-9+,14-12+,15-13+,18-16+,19-17+. The molecule has 0 spiro atoms. The SMILES string of the molecule is C=C(O)C1C(O)CC(=O)CC(O)C(O)CCC(O)CC(O)CC(O)CC(=O)OC(C)C(C)C(O)C(C)/C=C/C=C/CC/C=C/C=C/C=C/C=C/C(OC2CC(N)CC(C)O2)CC1O. The third-order valence-electron chi connectivity index (χ3n) is 11.4. The van der Waals surface area contributed by atoms with Crippen LogP contribution >= 0.6 is 0 Å². The summed E-state index contributed by atoms with van der Waals surface area (Å²) in [6.45, 7) is 10.7. The molecule has 15 nitrogen and oxygen atoms in total. The van der Waals surface area contributed by atoms with E-state index in [0.717, 1.165) is 12.8 Å². The summed E-state index contributed by atoms with van der Waals surface area (Å²) in [6.07, 6.45) is 9.76. The molecule has 0 aromatic heterocycles. The highest BCUT2D eigenvalue weighted by atomic mass is 16.7. The molecule has 0 amide bonds. The van der Waals surface area contributed by atoms with Gasteiger partial charge in [-0.15, -0.1) is 0 Å². The number of aliphatic hydroxyl groups excluding tert-OH is 9. The van der Waals surface area contributed by atoms with Crippen LogP contribution in [0.2, 0.25) is 0 Å². The molecule has 63 heavy (non-hydrogen) atoms. The van der Waals surface area contributed by atoms with E-state index in [0.29, 0.717) is 12.8 Å². The molecule has 2 aliphatic rings. The van der Waals surface area contributed by atoms with Crippen molar-refractivity contribution in [1.29, 1.82) is 0 Å². The molecule has 0 bridgehead atoms. The number of carbonyl (C=O) groups excluding carboxylic acids is 2. The Bertz CT molecular complexity index is 1520. The number of carbonyl (C=O) groups is 2. The summed E-state index contributed by atoms with van der Waals surface area (Å²) in [7, 11) is 0. The van der Waals surface area contributed by atoms with Crippen molar-refractivity contribution < 1.29 is 69.8 Å². The summed E-state index contributed by atoms with van der Waals surface area (Å²) < 4.78 is 17.6. The second-order valence-corrected chi connectivity index (χ2v) is 17.3. The van der Waals surface area contributed by atoms with Gasteiger partial charge in [-0.05, 0) is 58.8 Å². The highest BCUT2D eigenvalue weighted by Gasteiger charge is 2.35. The summed E-state index contributed by atoms with van der Waals surface area (Å²) in [5.41, 5.74) is 6.20. The molecule has 15 heteroatoms. The third kappa shape index (κ3) is 22.9. The molecule has 0 radical (unpaired) electrons. The first-order chi connectivity index (χ1) is 29.8. The average molecular weight is 892 g/mol. The van der Waals surface area contributed by atoms with Crippen molar-refractivity contribution in [3.05, 3.63) is 85.3 Å². The molecule has 0 aromatic rings. The fraction of sp³-hybridized carbons (Fsp3) is 0.667. The smallest absolute Gasteiger partial charge is 0.308 e. The van der Waals surface area contributed by atoms with E-state index in [1.54, 1.807) is 32.1 Å². The van der Waals surface area contributed by atoms with E-state index in [2.05, 4.69) is 6.58 Å². The Labute approximate surface area is 373 Å². The van der Waals surface area contributed by atoms with Crippen molar-refractivity contribution >= 4 is 11.8 Å². The fourth-order valence-corrected chi connectivity index (χ4v) is 7.63. The molecule has 0 saturated carbocycles. The van der Waals surface area contributed by atoms with Crippen molar-refractivity contribution in [2.75, 3.05) is 0 Å². The number of hydrogen-bond acceptors (Lipinski definition) is 15. The molecule has 1 fully saturated rings. The molecular weight excluding hydrogens is 815 g/mol. The van der Waals surface area contributed by atoms with Crippen LogP contribution in [-0.4, -0.2) is 137 Å². The van der Waals surface area contributed by atoms with Crippen LogP contribution in [0.25, 0.3) is 0 Å². The molecule has 16 atom stereocenters. The summed E-state index contributed by atoms with van der Waals surface area (Å²) in [4.78, 5) is 25.5. The second-order valence-electron chi connectivity index (χ2n) is 17.3. The van der Waals surface area contributed by atoms with Crippen LogP contribution in [0.5, 0.6) is 0 Å². The number of nitrogens with two attached hydrogens (primary N) is 1. The van der Waals surface area contributed by atoms with Crippen LogP contribution < -0.4 is 5.73 Å². The van der Waals surface area contributed by atoms with Gasteiger partial charge in [-0.25, -0.2) is 0 Å². The van der Waals surface area contributed by atoms with Crippen molar-refractivity contribution in [2.24, 2.45) is 23.5 Å². The van der Waals surface area contributed by atoms with Crippen LogP contribution in [0.3, 0.4) is 0 Å². The Hall–Kier alpha value is -3.32. The van der Waals surface area contributed by atoms with Gasteiger partial charge in [0.1, 0.15) is 11.9 Å². The van der Waals surface area contributed by atoms with Gasteiger partial charge in [0.15, 0.2) is 6.29 Å². The lowest BCUT2D eigenvalue weighted by Gasteiger charge is -2.35. The van der Waals surface area contributed by atoms with Gasteiger partial charge in [0, 0.05) is 43.6 Å². The van der Waals surface area contributed by atoms with Gasteiger partial charge in [-0.3, -0.25) is 9.59 Å². The highest BCUT2D eigenvalue weighted by molar-refractivity contribution is 5.79. The van der Waals surface area contributed by atoms with Crippen LogP contribution in [0.15, 0.2) is 85.3 Å². The minimum Gasteiger partial charge on any atom is -0.512 e. The first-order valence-corrected chi connectivity index (χ1v) is 22.4. The highest BCUT2D eigenvalue weighted by Crippen LogP contribution is 2.28. The van der Waals surface area contributed by atoms with Crippen molar-refractivity contribution in [3.8, 4) is 0 Å². The zero-order valence-corrected chi connectivity index (χ0v) is 37.5. The number of allylic oxidation sites excluding steroid dienone is 10. The second kappa shape index (κ2) is 30.0. The number of ether oxygens (including phenoxy) is 3. The molecule has 11 N–H and O–H groups in total. The monoisotopic (exact) mass is 892 g/mol. The molecule has 2 rings (SSSR count). The summed E-state index contributed by atoms with van der Waals surface area (Å²) in [5, 5.41) is 96.2. The van der Waals surface area contributed by atoms with Crippen LogP contribution in [-0.2, 0) is 23.8 Å². The van der Waals surface area contributed by atoms with E-state index in [1.165, 1.54) is 0 Å². The van der Waals surface area contributed by atoms with Gasteiger partial charge in [0.05, 0.1) is 79.1 Å². The van der Waals surface area contributed by atoms with E-state index in [4.69, 9.17) is 19.9 Å². The third-order valence-corrected chi connectivity index (χ3v) is 11.4. The Morgan fingerprint density at radius 1 is 0.667 bits per heavy atom. The van der Waals surface area contributed by atoms with E-state index in [9.17, 15) is 55.5 Å². The topological polar surface area (TPSA) is 270 Å². The summed E-state index contributed by atoms with van der Waals surface area (Å²) in [6, 6.07) is -0.158. The molecule has 358 valence electrons. The van der Waals surface area contributed by atoms with Gasteiger partial charge in [0.25, 0.3) is 0 Å². The predicted molar refractivity (Wildman–Crippen MR) is 240 cm³/mol.